The zero-order valence-corrected chi connectivity index (χ0v) is 15.2. The van der Waals surface area contributed by atoms with E-state index in [1.807, 2.05) is 6.07 Å². The first kappa shape index (κ1) is 18.9. The summed E-state index contributed by atoms with van der Waals surface area (Å²) in [6, 6.07) is 7.47. The Kier molecular flexibility index (Phi) is 6.42. The Hall–Kier alpha value is -2.88. The predicted molar refractivity (Wildman–Crippen MR) is 101 cm³/mol. The zero-order chi connectivity index (χ0) is 19.1. The number of urea groups is 1. The van der Waals surface area contributed by atoms with Crippen molar-refractivity contribution in [2.24, 2.45) is 5.92 Å². The molecule has 1 aliphatic carbocycles. The fraction of sp³-hybridized carbons (Fsp3) is 0.450. The highest BCUT2D eigenvalue weighted by Gasteiger charge is 2.14. The molecular weight excluding hydrogens is 345 g/mol. The van der Waals surface area contributed by atoms with Gasteiger partial charge in [0.05, 0.1) is 5.69 Å². The van der Waals surface area contributed by atoms with Gasteiger partial charge in [0.2, 0.25) is 0 Å². The van der Waals surface area contributed by atoms with E-state index in [4.69, 9.17) is 5.26 Å². The second-order valence-corrected chi connectivity index (χ2v) is 6.92. The minimum atomic E-state index is -0.601. The topological polar surface area (TPSA) is 82.7 Å². The molecule has 2 amide bonds. The van der Waals surface area contributed by atoms with E-state index in [0.717, 1.165) is 18.8 Å². The van der Waals surface area contributed by atoms with Crippen molar-refractivity contribution in [2.75, 3.05) is 11.9 Å². The smallest absolute Gasteiger partial charge is 0.320 e. The molecule has 1 heterocycles. The molecule has 1 fully saturated rings. The Labute approximate surface area is 158 Å². The van der Waals surface area contributed by atoms with Crippen LogP contribution in [0.15, 0.2) is 30.5 Å². The Balaban J connectivity index is 1.48. The maximum Gasteiger partial charge on any atom is 0.320 e. The normalized spacial score (nSPS) is 14.5. The summed E-state index contributed by atoms with van der Waals surface area (Å²) in [5.74, 6) is 0.545. The second-order valence-electron chi connectivity index (χ2n) is 6.92. The summed E-state index contributed by atoms with van der Waals surface area (Å²) in [7, 11) is 0. The molecule has 2 N–H and O–H groups in total. The number of amides is 2. The number of hydrogen-bond acceptors (Lipinski definition) is 3. The third-order valence-electron chi connectivity index (χ3n) is 4.98. The van der Waals surface area contributed by atoms with Gasteiger partial charge in [0.25, 0.3) is 0 Å². The van der Waals surface area contributed by atoms with Gasteiger partial charge in [-0.15, -0.1) is 5.10 Å². The molecule has 0 saturated heterocycles. The van der Waals surface area contributed by atoms with Crippen molar-refractivity contribution in [3.8, 4) is 11.8 Å². The highest BCUT2D eigenvalue weighted by atomic mass is 19.1. The van der Waals surface area contributed by atoms with Crippen LogP contribution in [0.4, 0.5) is 15.0 Å². The van der Waals surface area contributed by atoms with Gasteiger partial charge in [0.1, 0.15) is 17.4 Å². The van der Waals surface area contributed by atoms with Gasteiger partial charge in [-0.3, -0.25) is 5.32 Å². The SMILES string of the molecule is N#Cc1c(F)cccc1-n1ccc(NC(=O)NCCCC2CCCCC2)n1. The molecule has 6 nitrogen and oxygen atoms in total. The lowest BCUT2D eigenvalue weighted by molar-refractivity contribution is 0.251. The minimum Gasteiger partial charge on any atom is -0.338 e. The van der Waals surface area contributed by atoms with E-state index in [1.165, 1.54) is 48.9 Å². The van der Waals surface area contributed by atoms with E-state index >= 15 is 0 Å². The van der Waals surface area contributed by atoms with Crippen molar-refractivity contribution >= 4 is 11.8 Å². The first-order valence-corrected chi connectivity index (χ1v) is 9.47. The maximum absolute atomic E-state index is 13.7. The number of rotatable bonds is 6. The summed E-state index contributed by atoms with van der Waals surface area (Å²) in [6.07, 6.45) is 10.4. The summed E-state index contributed by atoms with van der Waals surface area (Å²) in [5, 5.41) is 18.8. The summed E-state index contributed by atoms with van der Waals surface area (Å²) in [5.41, 5.74) is 0.248. The van der Waals surface area contributed by atoms with Crippen LogP contribution in [0.1, 0.15) is 50.5 Å². The van der Waals surface area contributed by atoms with Crippen LogP contribution in [0.3, 0.4) is 0 Å². The molecule has 27 heavy (non-hydrogen) atoms. The largest absolute Gasteiger partial charge is 0.338 e. The van der Waals surface area contributed by atoms with Gasteiger partial charge in [0, 0.05) is 18.8 Å². The first-order valence-electron chi connectivity index (χ1n) is 9.47. The molecule has 1 aromatic carbocycles. The second kappa shape index (κ2) is 9.17. The van der Waals surface area contributed by atoms with Crippen LogP contribution >= 0.6 is 0 Å². The van der Waals surface area contributed by atoms with Gasteiger partial charge in [-0.2, -0.15) is 5.26 Å². The standard InChI is InChI=1S/C20H24FN5O/c21-17-9-4-10-18(16(17)14-22)26-13-11-19(25-26)24-20(27)23-12-5-8-15-6-2-1-3-7-15/h4,9-11,13,15H,1-3,5-8,12H2,(H2,23,24,25,27). The van der Waals surface area contributed by atoms with E-state index < -0.39 is 5.82 Å². The molecule has 7 heteroatoms. The summed E-state index contributed by atoms with van der Waals surface area (Å²) in [6.45, 7) is 0.630. The van der Waals surface area contributed by atoms with Crippen molar-refractivity contribution in [2.45, 2.75) is 44.9 Å². The quantitative estimate of drug-likeness (QED) is 0.742. The summed E-state index contributed by atoms with van der Waals surface area (Å²) >= 11 is 0. The molecule has 1 aromatic heterocycles. The van der Waals surface area contributed by atoms with Gasteiger partial charge < -0.3 is 5.32 Å². The molecule has 0 aliphatic heterocycles. The lowest BCUT2D eigenvalue weighted by atomic mass is 9.86. The van der Waals surface area contributed by atoms with Crippen LogP contribution in [0.2, 0.25) is 0 Å². The van der Waals surface area contributed by atoms with Crippen molar-refractivity contribution in [1.82, 2.24) is 15.1 Å². The molecule has 3 rings (SSSR count). The molecule has 0 atom stereocenters. The Morgan fingerprint density at radius 3 is 2.89 bits per heavy atom. The van der Waals surface area contributed by atoms with Gasteiger partial charge in [-0.05, 0) is 30.9 Å². The molecule has 142 valence electrons. The van der Waals surface area contributed by atoms with E-state index in [0.29, 0.717) is 18.1 Å². The van der Waals surface area contributed by atoms with Crippen molar-refractivity contribution in [3.63, 3.8) is 0 Å². The molecular formula is C20H24FN5O. The van der Waals surface area contributed by atoms with Crippen LogP contribution in [-0.4, -0.2) is 22.4 Å². The lowest BCUT2D eigenvalue weighted by Crippen LogP contribution is -2.30. The number of halogens is 1. The average Bonchev–Trinajstić information content (AvgIpc) is 3.14. The van der Waals surface area contributed by atoms with Crippen molar-refractivity contribution in [3.05, 3.63) is 41.8 Å². The van der Waals surface area contributed by atoms with Crippen LogP contribution in [0.25, 0.3) is 5.69 Å². The first-order chi connectivity index (χ1) is 13.2. The molecule has 1 aliphatic rings. The molecule has 0 bridgehead atoms. The average molecular weight is 369 g/mol. The number of anilines is 1. The van der Waals surface area contributed by atoms with Crippen LogP contribution in [-0.2, 0) is 0 Å². The third kappa shape index (κ3) is 5.07. The third-order valence-corrected chi connectivity index (χ3v) is 4.98. The fourth-order valence-electron chi connectivity index (χ4n) is 3.57. The Morgan fingerprint density at radius 1 is 1.30 bits per heavy atom. The fourth-order valence-corrected chi connectivity index (χ4v) is 3.57. The summed E-state index contributed by atoms with van der Waals surface area (Å²) < 4.78 is 15.1. The number of nitrogens with zero attached hydrogens (tertiary/aromatic N) is 3. The number of aromatic nitrogens is 2. The van der Waals surface area contributed by atoms with E-state index in [2.05, 4.69) is 15.7 Å². The number of carbonyl (C=O) groups excluding carboxylic acids is 1. The molecule has 0 spiro atoms. The highest BCUT2D eigenvalue weighted by molar-refractivity contribution is 5.88. The van der Waals surface area contributed by atoms with Crippen molar-refractivity contribution in [1.29, 1.82) is 5.26 Å². The van der Waals surface area contributed by atoms with Gasteiger partial charge in [0.15, 0.2) is 5.82 Å². The van der Waals surface area contributed by atoms with E-state index in [-0.39, 0.29) is 11.6 Å². The Morgan fingerprint density at radius 2 is 2.11 bits per heavy atom. The molecule has 2 aromatic rings. The molecule has 0 radical (unpaired) electrons. The zero-order valence-electron chi connectivity index (χ0n) is 15.2. The van der Waals surface area contributed by atoms with Crippen LogP contribution in [0.5, 0.6) is 0 Å². The molecule has 0 unspecified atom stereocenters. The Bertz CT molecular complexity index is 820. The summed E-state index contributed by atoms with van der Waals surface area (Å²) in [4.78, 5) is 12.0. The number of nitrogens with one attached hydrogen (secondary N) is 2. The van der Waals surface area contributed by atoms with E-state index in [9.17, 15) is 9.18 Å². The number of hydrogen-bond donors (Lipinski definition) is 2. The lowest BCUT2D eigenvalue weighted by Gasteiger charge is -2.21. The number of nitriles is 1. The van der Waals surface area contributed by atoms with Gasteiger partial charge in [-0.1, -0.05) is 38.2 Å². The van der Waals surface area contributed by atoms with Crippen molar-refractivity contribution < 1.29 is 9.18 Å². The minimum absolute atomic E-state index is 0.0840. The maximum atomic E-state index is 13.7. The molecule has 1 saturated carbocycles. The number of carbonyl (C=O) groups is 1. The highest BCUT2D eigenvalue weighted by Crippen LogP contribution is 2.27. The number of benzene rings is 1. The predicted octanol–water partition coefficient (Wildman–Crippen LogP) is 4.37. The van der Waals surface area contributed by atoms with Crippen LogP contribution in [0, 0.1) is 23.1 Å². The van der Waals surface area contributed by atoms with Gasteiger partial charge in [-0.25, -0.2) is 13.9 Å². The van der Waals surface area contributed by atoms with Gasteiger partial charge >= 0.3 is 6.03 Å². The van der Waals surface area contributed by atoms with E-state index in [1.54, 1.807) is 18.3 Å². The van der Waals surface area contributed by atoms with Crippen LogP contribution < -0.4 is 10.6 Å². The monoisotopic (exact) mass is 369 g/mol.